The first-order chi connectivity index (χ1) is 12.4. The van der Waals surface area contributed by atoms with Crippen LogP contribution in [0.5, 0.6) is 0 Å². The van der Waals surface area contributed by atoms with Gasteiger partial charge in [-0.15, -0.1) is 0 Å². The minimum absolute atomic E-state index is 0.0585. The van der Waals surface area contributed by atoms with Crippen molar-refractivity contribution in [2.75, 3.05) is 13.2 Å². The zero-order valence-corrected chi connectivity index (χ0v) is 20.9. The molecule has 0 bridgehead atoms. The highest BCUT2D eigenvalue weighted by atomic mass is 28.4. The standard InChI is InChI=1S/C23H40O2Si2/c1-23(2,21-13-9-11-19(21)15-17-24-26(3,4)5)22-14-10-12-20(22)16-18-25-27(6,7)8/h11-14H,9-10,15-18H2,1-8H3. The Morgan fingerprint density at radius 2 is 1.07 bits per heavy atom. The van der Waals surface area contributed by atoms with Gasteiger partial charge in [0.05, 0.1) is 0 Å². The van der Waals surface area contributed by atoms with Gasteiger partial charge in [-0.1, -0.05) is 38.2 Å². The molecule has 0 radical (unpaired) electrons. The number of hydrogen-bond donors (Lipinski definition) is 0. The monoisotopic (exact) mass is 404 g/mol. The lowest BCUT2D eigenvalue weighted by atomic mass is 9.72. The highest BCUT2D eigenvalue weighted by Gasteiger charge is 2.34. The van der Waals surface area contributed by atoms with Crippen LogP contribution < -0.4 is 0 Å². The zero-order valence-electron chi connectivity index (χ0n) is 18.9. The van der Waals surface area contributed by atoms with E-state index in [2.05, 4.69) is 77.4 Å². The van der Waals surface area contributed by atoms with Gasteiger partial charge < -0.3 is 8.85 Å². The molecule has 152 valence electrons. The fourth-order valence-corrected chi connectivity index (χ4v) is 5.42. The summed E-state index contributed by atoms with van der Waals surface area (Å²) in [6, 6.07) is 0. The van der Waals surface area contributed by atoms with E-state index >= 15 is 0 Å². The van der Waals surface area contributed by atoms with Gasteiger partial charge in [-0.05, 0) is 87.3 Å². The van der Waals surface area contributed by atoms with Crippen molar-refractivity contribution >= 4 is 16.6 Å². The van der Waals surface area contributed by atoms with Gasteiger partial charge in [0.1, 0.15) is 0 Å². The number of allylic oxidation sites excluding steroid dienone is 6. The second kappa shape index (κ2) is 8.77. The van der Waals surface area contributed by atoms with Crippen molar-refractivity contribution in [1.82, 2.24) is 0 Å². The van der Waals surface area contributed by atoms with Crippen molar-refractivity contribution in [2.45, 2.75) is 78.8 Å². The first-order valence-electron chi connectivity index (χ1n) is 10.5. The molecule has 0 spiro atoms. The largest absolute Gasteiger partial charge is 0.417 e. The van der Waals surface area contributed by atoms with Crippen molar-refractivity contribution in [2.24, 2.45) is 5.41 Å². The molecule has 0 atom stereocenters. The zero-order chi connectivity index (χ0) is 20.3. The molecule has 0 fully saturated rings. The molecule has 0 aromatic heterocycles. The summed E-state index contributed by atoms with van der Waals surface area (Å²) >= 11 is 0. The summed E-state index contributed by atoms with van der Waals surface area (Å²) in [6.45, 7) is 20.1. The van der Waals surface area contributed by atoms with Crippen LogP contribution in [0.1, 0.15) is 39.5 Å². The smallest absolute Gasteiger partial charge is 0.183 e. The summed E-state index contributed by atoms with van der Waals surface area (Å²) in [5, 5.41) is 0. The van der Waals surface area contributed by atoms with Gasteiger partial charge in [0.25, 0.3) is 0 Å². The van der Waals surface area contributed by atoms with Crippen LogP contribution in [0.2, 0.25) is 39.3 Å². The van der Waals surface area contributed by atoms with E-state index in [4.69, 9.17) is 8.85 Å². The van der Waals surface area contributed by atoms with E-state index in [1.165, 1.54) is 22.3 Å². The summed E-state index contributed by atoms with van der Waals surface area (Å²) in [7, 11) is -2.88. The first-order valence-corrected chi connectivity index (χ1v) is 17.3. The average Bonchev–Trinajstić information content (AvgIpc) is 3.14. The Balaban J connectivity index is 2.02. The van der Waals surface area contributed by atoms with E-state index in [9.17, 15) is 0 Å². The molecule has 0 aliphatic heterocycles. The fourth-order valence-electron chi connectivity index (χ4n) is 3.99. The summed E-state index contributed by atoms with van der Waals surface area (Å²) in [5.41, 5.74) is 6.05. The maximum atomic E-state index is 6.12. The van der Waals surface area contributed by atoms with E-state index in [0.29, 0.717) is 0 Å². The molecule has 0 N–H and O–H groups in total. The van der Waals surface area contributed by atoms with Crippen molar-refractivity contribution in [3.8, 4) is 0 Å². The molecule has 0 saturated carbocycles. The summed E-state index contributed by atoms with van der Waals surface area (Å²) in [4.78, 5) is 0. The topological polar surface area (TPSA) is 18.5 Å². The molecule has 2 rings (SSSR count). The third kappa shape index (κ3) is 6.70. The molecule has 0 aromatic carbocycles. The highest BCUT2D eigenvalue weighted by Crippen LogP contribution is 2.47. The molecule has 0 aromatic rings. The quantitative estimate of drug-likeness (QED) is 0.365. The van der Waals surface area contributed by atoms with Crippen molar-refractivity contribution in [3.05, 3.63) is 46.6 Å². The van der Waals surface area contributed by atoms with E-state index in [1.807, 2.05) is 0 Å². The Morgan fingerprint density at radius 3 is 1.41 bits per heavy atom. The number of hydrogen-bond acceptors (Lipinski definition) is 2. The molecule has 4 heteroatoms. The lowest BCUT2D eigenvalue weighted by Crippen LogP contribution is -2.27. The molecule has 0 saturated heterocycles. The molecule has 0 heterocycles. The highest BCUT2D eigenvalue weighted by molar-refractivity contribution is 6.70. The van der Waals surface area contributed by atoms with Crippen LogP contribution in [-0.4, -0.2) is 29.8 Å². The third-order valence-electron chi connectivity index (χ3n) is 5.22. The van der Waals surface area contributed by atoms with Gasteiger partial charge in [0.15, 0.2) is 16.6 Å². The summed E-state index contributed by atoms with van der Waals surface area (Å²) < 4.78 is 12.2. The van der Waals surface area contributed by atoms with Crippen LogP contribution in [0.25, 0.3) is 0 Å². The fraction of sp³-hybridized carbons (Fsp3) is 0.652. The summed E-state index contributed by atoms with van der Waals surface area (Å²) in [5.74, 6) is 0. The summed E-state index contributed by atoms with van der Waals surface area (Å²) in [6.07, 6.45) is 13.8. The van der Waals surface area contributed by atoms with E-state index in [1.54, 1.807) is 0 Å². The predicted molar refractivity (Wildman–Crippen MR) is 123 cm³/mol. The van der Waals surface area contributed by atoms with Crippen LogP contribution in [-0.2, 0) is 8.85 Å². The second-order valence-electron chi connectivity index (χ2n) is 10.2. The van der Waals surface area contributed by atoms with E-state index in [-0.39, 0.29) is 5.41 Å². The number of rotatable bonds is 10. The van der Waals surface area contributed by atoms with Crippen LogP contribution in [0, 0.1) is 5.41 Å². The van der Waals surface area contributed by atoms with E-state index < -0.39 is 16.6 Å². The Labute approximate surface area is 169 Å². The van der Waals surface area contributed by atoms with Crippen LogP contribution >= 0.6 is 0 Å². The van der Waals surface area contributed by atoms with Crippen LogP contribution in [0.15, 0.2) is 46.6 Å². The van der Waals surface area contributed by atoms with Gasteiger partial charge in [0.2, 0.25) is 0 Å². The van der Waals surface area contributed by atoms with Gasteiger partial charge in [-0.2, -0.15) is 0 Å². The first kappa shape index (κ1) is 22.6. The minimum atomic E-state index is -1.44. The van der Waals surface area contributed by atoms with Crippen molar-refractivity contribution in [1.29, 1.82) is 0 Å². The molecule has 2 aliphatic rings. The molecule has 0 unspecified atom stereocenters. The molecule has 0 amide bonds. The lowest BCUT2D eigenvalue weighted by molar-refractivity contribution is 0.313. The Hall–Kier alpha value is -0.686. The lowest BCUT2D eigenvalue weighted by Gasteiger charge is -2.33. The normalized spacial score (nSPS) is 18.4. The maximum Gasteiger partial charge on any atom is 0.183 e. The molecular formula is C23H40O2Si2. The molecular weight excluding hydrogens is 364 g/mol. The van der Waals surface area contributed by atoms with Crippen LogP contribution in [0.4, 0.5) is 0 Å². The molecule has 27 heavy (non-hydrogen) atoms. The minimum Gasteiger partial charge on any atom is -0.417 e. The van der Waals surface area contributed by atoms with E-state index in [0.717, 1.165) is 38.9 Å². The van der Waals surface area contributed by atoms with Crippen LogP contribution in [0.3, 0.4) is 0 Å². The molecule has 2 aliphatic carbocycles. The third-order valence-corrected chi connectivity index (χ3v) is 7.36. The second-order valence-corrected chi connectivity index (χ2v) is 19.2. The maximum absolute atomic E-state index is 6.12. The Kier molecular flexibility index (Phi) is 7.34. The van der Waals surface area contributed by atoms with Gasteiger partial charge in [0, 0.05) is 18.6 Å². The van der Waals surface area contributed by atoms with Crippen molar-refractivity contribution in [3.63, 3.8) is 0 Å². The van der Waals surface area contributed by atoms with Crippen molar-refractivity contribution < 1.29 is 8.85 Å². The van der Waals surface area contributed by atoms with Gasteiger partial charge >= 0.3 is 0 Å². The predicted octanol–water partition coefficient (Wildman–Crippen LogP) is 7.01. The Morgan fingerprint density at radius 1 is 0.704 bits per heavy atom. The Bertz CT molecular complexity index is 597. The van der Waals surface area contributed by atoms with Gasteiger partial charge in [-0.25, -0.2) is 0 Å². The SMILES string of the molecule is CC(C)(C1=CCC=C1CCO[Si](C)(C)C)C1=CCC=C1CCO[Si](C)(C)C. The average molecular weight is 405 g/mol. The molecule has 2 nitrogen and oxygen atoms in total. The van der Waals surface area contributed by atoms with Gasteiger partial charge in [-0.3, -0.25) is 0 Å².